The van der Waals surface area contributed by atoms with Crippen molar-refractivity contribution in [3.8, 4) is 0 Å². The summed E-state index contributed by atoms with van der Waals surface area (Å²) < 4.78 is 0. The van der Waals surface area contributed by atoms with Crippen LogP contribution < -0.4 is 5.73 Å². The highest BCUT2D eigenvalue weighted by Crippen LogP contribution is 2.39. The molecule has 1 fully saturated rings. The average Bonchev–Trinajstić information content (AvgIpc) is 2.38. The van der Waals surface area contributed by atoms with Gasteiger partial charge in [-0.1, -0.05) is 39.0 Å². The van der Waals surface area contributed by atoms with Crippen molar-refractivity contribution in [2.24, 2.45) is 11.1 Å². The third kappa shape index (κ3) is 3.31. The van der Waals surface area contributed by atoms with Crippen molar-refractivity contribution in [3.05, 3.63) is 0 Å². The van der Waals surface area contributed by atoms with Gasteiger partial charge in [-0.3, -0.25) is 9.59 Å². The maximum absolute atomic E-state index is 12.0. The highest BCUT2D eigenvalue weighted by molar-refractivity contribution is 5.91. The summed E-state index contributed by atoms with van der Waals surface area (Å²) in [6.07, 6.45) is 7.15. The molecule has 1 atom stereocenters. The topological polar surface area (TPSA) is 80.4 Å². The smallest absolute Gasteiger partial charge is 0.311 e. The van der Waals surface area contributed by atoms with Crippen LogP contribution in [0.3, 0.4) is 0 Å². The van der Waals surface area contributed by atoms with Gasteiger partial charge >= 0.3 is 5.97 Å². The van der Waals surface area contributed by atoms with E-state index in [1.54, 1.807) is 0 Å². The maximum Gasteiger partial charge on any atom is 0.311 e. The van der Waals surface area contributed by atoms with Crippen LogP contribution in [-0.4, -0.2) is 22.9 Å². The van der Waals surface area contributed by atoms with Crippen molar-refractivity contribution in [2.75, 3.05) is 0 Å². The van der Waals surface area contributed by atoms with E-state index < -0.39 is 17.4 Å². The number of carboxylic acids is 1. The molecule has 0 spiro atoms. The fraction of sp³-hybridized carbons (Fsp3) is 0.857. The number of nitrogens with two attached hydrogens (primary N) is 1. The van der Waals surface area contributed by atoms with E-state index >= 15 is 0 Å². The number of carbonyl (C=O) groups is 2. The van der Waals surface area contributed by atoms with Gasteiger partial charge in [-0.2, -0.15) is 0 Å². The SMILES string of the molecule is CCCCCC(=O)C(N)C1(C(=O)O)CCCCC1. The predicted molar refractivity (Wildman–Crippen MR) is 70.3 cm³/mol. The quantitative estimate of drug-likeness (QED) is 0.685. The van der Waals surface area contributed by atoms with Gasteiger partial charge in [0, 0.05) is 6.42 Å². The van der Waals surface area contributed by atoms with Crippen LogP contribution in [0.15, 0.2) is 0 Å². The highest BCUT2D eigenvalue weighted by Gasteiger charge is 2.47. The summed E-state index contributed by atoms with van der Waals surface area (Å²) in [5.74, 6) is -0.966. The first kappa shape index (κ1) is 15.2. The molecule has 0 aromatic carbocycles. The summed E-state index contributed by atoms with van der Waals surface area (Å²) >= 11 is 0. The Kier molecular flexibility index (Phi) is 5.79. The Morgan fingerprint density at radius 2 is 1.83 bits per heavy atom. The number of carboxylic acid groups (broad SMARTS) is 1. The summed E-state index contributed by atoms with van der Waals surface area (Å²) in [6.45, 7) is 2.07. The molecule has 0 bridgehead atoms. The number of unbranched alkanes of at least 4 members (excludes halogenated alkanes) is 2. The molecule has 1 saturated carbocycles. The average molecular weight is 255 g/mol. The van der Waals surface area contributed by atoms with Gasteiger partial charge in [0.1, 0.15) is 0 Å². The number of rotatable bonds is 7. The minimum atomic E-state index is -0.998. The van der Waals surface area contributed by atoms with E-state index in [0.717, 1.165) is 38.5 Å². The largest absolute Gasteiger partial charge is 0.481 e. The lowest BCUT2D eigenvalue weighted by atomic mass is 9.67. The van der Waals surface area contributed by atoms with Gasteiger partial charge in [-0.15, -0.1) is 0 Å². The summed E-state index contributed by atoms with van der Waals surface area (Å²) in [7, 11) is 0. The van der Waals surface area contributed by atoms with E-state index in [9.17, 15) is 14.7 Å². The van der Waals surface area contributed by atoms with Gasteiger partial charge in [0.15, 0.2) is 5.78 Å². The van der Waals surface area contributed by atoms with Crippen molar-refractivity contribution in [2.45, 2.75) is 70.8 Å². The molecule has 0 radical (unpaired) electrons. The molecule has 1 aliphatic carbocycles. The lowest BCUT2D eigenvalue weighted by molar-refractivity contribution is -0.155. The molecule has 3 N–H and O–H groups in total. The zero-order valence-corrected chi connectivity index (χ0v) is 11.3. The Morgan fingerprint density at radius 3 is 2.33 bits per heavy atom. The van der Waals surface area contributed by atoms with E-state index in [0.29, 0.717) is 19.3 Å². The second-order valence-corrected chi connectivity index (χ2v) is 5.42. The predicted octanol–water partition coefficient (Wildman–Crippen LogP) is 2.50. The molecule has 4 heteroatoms. The number of Topliss-reactive ketones (excluding diaryl/α,β-unsaturated/α-hetero) is 1. The molecule has 0 heterocycles. The number of carbonyl (C=O) groups excluding carboxylic acids is 1. The van der Waals surface area contributed by atoms with E-state index in [1.165, 1.54) is 0 Å². The molecule has 104 valence electrons. The second kappa shape index (κ2) is 6.88. The lowest BCUT2D eigenvalue weighted by Crippen LogP contribution is -2.53. The first-order chi connectivity index (χ1) is 8.54. The Hall–Kier alpha value is -0.900. The van der Waals surface area contributed by atoms with Crippen LogP contribution in [-0.2, 0) is 9.59 Å². The lowest BCUT2D eigenvalue weighted by Gasteiger charge is -2.37. The van der Waals surface area contributed by atoms with Gasteiger partial charge in [0.05, 0.1) is 11.5 Å². The van der Waals surface area contributed by atoms with Crippen molar-refractivity contribution in [1.29, 1.82) is 0 Å². The molecular weight excluding hydrogens is 230 g/mol. The van der Waals surface area contributed by atoms with Crippen LogP contribution in [0.25, 0.3) is 0 Å². The van der Waals surface area contributed by atoms with Crippen LogP contribution in [0.1, 0.15) is 64.7 Å². The summed E-state index contributed by atoms with van der Waals surface area (Å²) in [4.78, 5) is 23.6. The number of hydrogen-bond acceptors (Lipinski definition) is 3. The van der Waals surface area contributed by atoms with Gasteiger partial charge < -0.3 is 10.8 Å². The Morgan fingerprint density at radius 1 is 1.22 bits per heavy atom. The standard InChI is InChI=1S/C14H25NO3/c1-2-3-5-8-11(16)12(15)14(13(17)18)9-6-4-7-10-14/h12H,2-10,15H2,1H3,(H,17,18). The van der Waals surface area contributed by atoms with E-state index in [2.05, 4.69) is 6.92 Å². The molecule has 1 unspecified atom stereocenters. The van der Waals surface area contributed by atoms with Crippen LogP contribution in [0.5, 0.6) is 0 Å². The zero-order valence-electron chi connectivity index (χ0n) is 11.3. The molecule has 0 aromatic rings. The Labute approximate surface area is 109 Å². The summed E-state index contributed by atoms with van der Waals surface area (Å²) in [5.41, 5.74) is 4.98. The normalized spacial score (nSPS) is 20.3. The first-order valence-electron chi connectivity index (χ1n) is 7.06. The van der Waals surface area contributed by atoms with Crippen molar-refractivity contribution in [3.63, 3.8) is 0 Å². The number of aliphatic carboxylic acids is 1. The number of hydrogen-bond donors (Lipinski definition) is 2. The molecule has 0 amide bonds. The molecule has 0 aromatic heterocycles. The van der Waals surface area contributed by atoms with E-state index in [-0.39, 0.29) is 5.78 Å². The van der Waals surface area contributed by atoms with Crippen molar-refractivity contribution < 1.29 is 14.7 Å². The van der Waals surface area contributed by atoms with Crippen molar-refractivity contribution >= 4 is 11.8 Å². The second-order valence-electron chi connectivity index (χ2n) is 5.42. The fourth-order valence-electron chi connectivity index (χ4n) is 2.85. The molecule has 18 heavy (non-hydrogen) atoms. The zero-order chi connectivity index (χ0) is 13.6. The number of ketones is 1. The monoisotopic (exact) mass is 255 g/mol. The molecule has 0 saturated heterocycles. The molecule has 4 nitrogen and oxygen atoms in total. The Bertz CT molecular complexity index is 295. The maximum atomic E-state index is 12.0. The van der Waals surface area contributed by atoms with Gasteiger partial charge in [-0.25, -0.2) is 0 Å². The molecule has 0 aliphatic heterocycles. The van der Waals surface area contributed by atoms with Crippen LogP contribution >= 0.6 is 0 Å². The van der Waals surface area contributed by atoms with Gasteiger partial charge in [0.2, 0.25) is 0 Å². The summed E-state index contributed by atoms with van der Waals surface area (Å²) in [6, 6.07) is -0.827. The molecular formula is C14H25NO3. The highest BCUT2D eigenvalue weighted by atomic mass is 16.4. The minimum Gasteiger partial charge on any atom is -0.481 e. The van der Waals surface area contributed by atoms with Gasteiger partial charge in [0.25, 0.3) is 0 Å². The van der Waals surface area contributed by atoms with E-state index in [4.69, 9.17) is 5.73 Å². The van der Waals surface area contributed by atoms with Crippen molar-refractivity contribution in [1.82, 2.24) is 0 Å². The van der Waals surface area contributed by atoms with Crippen LogP contribution in [0, 0.1) is 5.41 Å². The fourth-order valence-corrected chi connectivity index (χ4v) is 2.85. The van der Waals surface area contributed by atoms with Gasteiger partial charge in [-0.05, 0) is 19.3 Å². The van der Waals surface area contributed by atoms with E-state index in [1.807, 2.05) is 0 Å². The van der Waals surface area contributed by atoms with Crippen LogP contribution in [0.4, 0.5) is 0 Å². The Balaban J connectivity index is 2.67. The third-order valence-electron chi connectivity index (χ3n) is 4.14. The summed E-state index contributed by atoms with van der Waals surface area (Å²) in [5, 5.41) is 9.45. The molecule has 1 rings (SSSR count). The van der Waals surface area contributed by atoms with Crippen LogP contribution in [0.2, 0.25) is 0 Å². The third-order valence-corrected chi connectivity index (χ3v) is 4.14. The first-order valence-corrected chi connectivity index (χ1v) is 7.06. The minimum absolute atomic E-state index is 0.0762. The molecule has 1 aliphatic rings.